The third-order valence-electron chi connectivity index (χ3n) is 7.13. The van der Waals surface area contributed by atoms with Crippen LogP contribution >= 0.6 is 0 Å². The molecule has 40 heavy (non-hydrogen) atoms. The molecule has 4 rings (SSSR count). The second kappa shape index (κ2) is 12.5. The number of amides is 1. The van der Waals surface area contributed by atoms with Gasteiger partial charge < -0.3 is 23.8 Å². The Bertz CT molecular complexity index is 1140. The maximum atomic E-state index is 13.7. The molecule has 7 nitrogen and oxygen atoms in total. The summed E-state index contributed by atoms with van der Waals surface area (Å²) in [5.74, 6) is -1.34. The van der Waals surface area contributed by atoms with Gasteiger partial charge in [-0.3, -0.25) is 4.79 Å². The maximum absolute atomic E-state index is 13.7. The molecule has 0 radical (unpaired) electrons. The third-order valence-corrected chi connectivity index (χ3v) is 7.13. The summed E-state index contributed by atoms with van der Waals surface area (Å²) >= 11 is 0. The highest BCUT2D eigenvalue weighted by Gasteiger charge is 2.48. The van der Waals surface area contributed by atoms with Crippen LogP contribution < -0.4 is 9.47 Å². The van der Waals surface area contributed by atoms with Gasteiger partial charge in [0.25, 0.3) is 0 Å². The lowest BCUT2D eigenvalue weighted by Crippen LogP contribution is -2.48. The van der Waals surface area contributed by atoms with Crippen molar-refractivity contribution >= 4 is 11.9 Å². The summed E-state index contributed by atoms with van der Waals surface area (Å²) in [6, 6.07) is 12.4. The molecular weight excluding hydrogens is 527 g/mol. The Morgan fingerprint density at radius 1 is 1.05 bits per heavy atom. The molecular formula is C30H36F3NO6. The number of halogens is 3. The van der Waals surface area contributed by atoms with E-state index in [1.165, 1.54) is 12.1 Å². The van der Waals surface area contributed by atoms with E-state index in [2.05, 4.69) is 0 Å². The predicted octanol–water partition coefficient (Wildman–Crippen LogP) is 5.79. The average molecular weight is 564 g/mol. The standard InChI is InChI=1S/C30H36F3NO6/c1-4-37-22-12-8-20(9-13-22)6-5-7-25(26-28(36)40-29(2,3)39-26)27(35)34-18-16-24(17-19-34)38-23-14-10-21(11-15-23)30(31,32)33/h8-15,24-26H,4-7,16-19H2,1-3H3/t25-,26-/m1/s1. The zero-order valence-electron chi connectivity index (χ0n) is 23.0. The number of alkyl halides is 3. The van der Waals surface area contributed by atoms with Gasteiger partial charge in [0.1, 0.15) is 17.6 Å². The van der Waals surface area contributed by atoms with Gasteiger partial charge in [0.05, 0.1) is 18.1 Å². The van der Waals surface area contributed by atoms with Crippen LogP contribution in [-0.4, -0.2) is 54.5 Å². The molecule has 218 valence electrons. The quantitative estimate of drug-likeness (QED) is 0.341. The number of esters is 1. The number of cyclic esters (lactones) is 1. The van der Waals surface area contributed by atoms with Gasteiger partial charge in [0.15, 0.2) is 6.10 Å². The minimum absolute atomic E-state index is 0.167. The second-order valence-corrected chi connectivity index (χ2v) is 10.6. The highest BCUT2D eigenvalue weighted by Crippen LogP contribution is 2.33. The molecule has 2 fully saturated rings. The molecule has 10 heteroatoms. The fraction of sp³-hybridized carbons (Fsp3) is 0.533. The van der Waals surface area contributed by atoms with Crippen LogP contribution in [0.5, 0.6) is 11.5 Å². The number of piperidine rings is 1. The van der Waals surface area contributed by atoms with Crippen LogP contribution in [0.15, 0.2) is 48.5 Å². The number of likely N-dealkylation sites (tertiary alicyclic amines) is 1. The Balaban J connectivity index is 1.35. The normalized spacial score (nSPS) is 20.2. The monoisotopic (exact) mass is 563 g/mol. The Hall–Kier alpha value is -3.27. The van der Waals surface area contributed by atoms with Gasteiger partial charge in [-0.1, -0.05) is 12.1 Å². The molecule has 2 aliphatic rings. The van der Waals surface area contributed by atoms with E-state index in [1.54, 1.807) is 18.7 Å². The molecule has 0 spiro atoms. The van der Waals surface area contributed by atoms with Crippen LogP contribution in [0.2, 0.25) is 0 Å². The molecule has 0 unspecified atom stereocenters. The van der Waals surface area contributed by atoms with Gasteiger partial charge >= 0.3 is 12.1 Å². The molecule has 0 aliphatic carbocycles. The van der Waals surface area contributed by atoms with Gasteiger partial charge in [-0.2, -0.15) is 13.2 Å². The number of hydrogen-bond acceptors (Lipinski definition) is 6. The van der Waals surface area contributed by atoms with Gasteiger partial charge in [-0.25, -0.2) is 4.79 Å². The Morgan fingerprint density at radius 2 is 1.68 bits per heavy atom. The third kappa shape index (κ3) is 7.68. The molecule has 0 saturated carbocycles. The topological polar surface area (TPSA) is 74.3 Å². The molecule has 2 aromatic rings. The van der Waals surface area contributed by atoms with Gasteiger partial charge in [-0.15, -0.1) is 0 Å². The van der Waals surface area contributed by atoms with Crippen LogP contribution in [-0.2, 0) is 31.7 Å². The SMILES string of the molecule is CCOc1ccc(CCC[C@@H](C(=O)N2CCC(Oc3ccc(C(F)(F)F)cc3)CC2)[C@H]2OC(C)(C)OC2=O)cc1. The minimum atomic E-state index is -4.40. The number of ether oxygens (including phenoxy) is 4. The molecule has 0 aromatic heterocycles. The number of rotatable bonds is 10. The first-order valence-corrected chi connectivity index (χ1v) is 13.7. The minimum Gasteiger partial charge on any atom is -0.494 e. The van der Waals surface area contributed by atoms with Gasteiger partial charge in [-0.05, 0) is 68.1 Å². The second-order valence-electron chi connectivity index (χ2n) is 10.6. The summed E-state index contributed by atoms with van der Waals surface area (Å²) in [5, 5.41) is 0. The number of aryl methyl sites for hydroxylation is 1. The van der Waals surface area contributed by atoms with Crippen LogP contribution in [0.25, 0.3) is 0 Å². The lowest BCUT2D eigenvalue weighted by atomic mass is 9.92. The summed E-state index contributed by atoms with van der Waals surface area (Å²) in [6.07, 6.45) is -2.73. The summed E-state index contributed by atoms with van der Waals surface area (Å²) in [7, 11) is 0. The maximum Gasteiger partial charge on any atom is 0.416 e. The van der Waals surface area contributed by atoms with Gasteiger partial charge in [0.2, 0.25) is 11.7 Å². The number of hydrogen-bond donors (Lipinski definition) is 0. The molecule has 2 aliphatic heterocycles. The highest BCUT2D eigenvalue weighted by atomic mass is 19.4. The van der Waals surface area contributed by atoms with Crippen LogP contribution in [0.3, 0.4) is 0 Å². The van der Waals surface area contributed by atoms with Crippen molar-refractivity contribution in [2.24, 2.45) is 5.92 Å². The lowest BCUT2D eigenvalue weighted by molar-refractivity contribution is -0.163. The first kappa shape index (κ1) is 29.7. The molecule has 2 saturated heterocycles. The highest BCUT2D eigenvalue weighted by molar-refractivity contribution is 5.87. The Morgan fingerprint density at radius 3 is 2.23 bits per heavy atom. The molecule has 2 heterocycles. The predicted molar refractivity (Wildman–Crippen MR) is 141 cm³/mol. The number of carbonyl (C=O) groups excluding carboxylic acids is 2. The lowest BCUT2D eigenvalue weighted by Gasteiger charge is -2.35. The van der Waals surface area contributed by atoms with Crippen molar-refractivity contribution in [2.75, 3.05) is 19.7 Å². The summed E-state index contributed by atoms with van der Waals surface area (Å²) in [5.41, 5.74) is 0.371. The Labute approximate surface area is 232 Å². The molecule has 2 atom stereocenters. The van der Waals surface area contributed by atoms with Crippen molar-refractivity contribution in [3.63, 3.8) is 0 Å². The molecule has 2 aromatic carbocycles. The van der Waals surface area contributed by atoms with Crippen molar-refractivity contribution in [2.45, 2.75) is 77.0 Å². The van der Waals surface area contributed by atoms with Crippen molar-refractivity contribution in [3.05, 3.63) is 59.7 Å². The van der Waals surface area contributed by atoms with Crippen molar-refractivity contribution in [3.8, 4) is 11.5 Å². The van der Waals surface area contributed by atoms with Crippen molar-refractivity contribution in [1.82, 2.24) is 4.90 Å². The van der Waals surface area contributed by atoms with E-state index in [0.717, 1.165) is 29.9 Å². The fourth-order valence-corrected chi connectivity index (χ4v) is 5.12. The smallest absolute Gasteiger partial charge is 0.416 e. The van der Waals surface area contributed by atoms with E-state index in [1.807, 2.05) is 31.2 Å². The number of benzene rings is 2. The molecule has 0 N–H and O–H groups in total. The van der Waals surface area contributed by atoms with Gasteiger partial charge in [0, 0.05) is 39.8 Å². The zero-order chi connectivity index (χ0) is 28.9. The van der Waals surface area contributed by atoms with Crippen LogP contribution in [0, 0.1) is 5.92 Å². The first-order chi connectivity index (χ1) is 18.9. The number of carbonyl (C=O) groups is 2. The van der Waals surface area contributed by atoms with E-state index in [4.69, 9.17) is 18.9 Å². The number of nitrogens with zero attached hydrogens (tertiary/aromatic N) is 1. The Kier molecular flexibility index (Phi) is 9.28. The van der Waals surface area contributed by atoms with E-state index in [-0.39, 0.29) is 12.0 Å². The van der Waals surface area contributed by atoms with Crippen LogP contribution in [0.4, 0.5) is 13.2 Å². The van der Waals surface area contributed by atoms with E-state index < -0.39 is 35.5 Å². The zero-order valence-corrected chi connectivity index (χ0v) is 23.0. The molecule has 1 amide bonds. The summed E-state index contributed by atoms with van der Waals surface area (Å²) in [4.78, 5) is 28.1. The average Bonchev–Trinajstić information content (AvgIpc) is 3.19. The van der Waals surface area contributed by atoms with Crippen LogP contribution in [0.1, 0.15) is 57.6 Å². The van der Waals surface area contributed by atoms with E-state index in [0.29, 0.717) is 51.1 Å². The van der Waals surface area contributed by atoms with E-state index in [9.17, 15) is 22.8 Å². The first-order valence-electron chi connectivity index (χ1n) is 13.7. The van der Waals surface area contributed by atoms with Crippen molar-refractivity contribution in [1.29, 1.82) is 0 Å². The summed E-state index contributed by atoms with van der Waals surface area (Å²) in [6.45, 7) is 6.63. The molecule has 0 bridgehead atoms. The summed E-state index contributed by atoms with van der Waals surface area (Å²) < 4.78 is 61.1. The van der Waals surface area contributed by atoms with Crippen molar-refractivity contribution < 1.29 is 41.7 Å². The largest absolute Gasteiger partial charge is 0.494 e. The fourth-order valence-electron chi connectivity index (χ4n) is 5.12. The van der Waals surface area contributed by atoms with E-state index >= 15 is 0 Å².